The third-order valence-electron chi connectivity index (χ3n) is 3.27. The third-order valence-corrected chi connectivity index (χ3v) is 3.27. The maximum atomic E-state index is 11.9. The smallest absolute Gasteiger partial charge is 0.243 e. The highest BCUT2D eigenvalue weighted by Gasteiger charge is 2.32. The van der Waals surface area contributed by atoms with Gasteiger partial charge in [-0.25, -0.2) is 0 Å². The van der Waals surface area contributed by atoms with Crippen molar-refractivity contribution in [3.05, 3.63) is 35.4 Å². The van der Waals surface area contributed by atoms with Gasteiger partial charge in [0.05, 0.1) is 6.54 Å². The number of piperazine rings is 1. The summed E-state index contributed by atoms with van der Waals surface area (Å²) < 4.78 is 0. The van der Waals surface area contributed by atoms with Gasteiger partial charge in [-0.15, -0.1) is 0 Å². The molecule has 1 aliphatic heterocycles. The summed E-state index contributed by atoms with van der Waals surface area (Å²) in [7, 11) is 0. The number of rotatable bonds is 3. The van der Waals surface area contributed by atoms with Crippen molar-refractivity contribution in [3.8, 4) is 0 Å². The molecule has 0 spiro atoms. The van der Waals surface area contributed by atoms with Crippen LogP contribution in [0.3, 0.4) is 0 Å². The van der Waals surface area contributed by atoms with Gasteiger partial charge in [0.15, 0.2) is 0 Å². The molecule has 1 fully saturated rings. The molecule has 2 amide bonds. The maximum Gasteiger partial charge on any atom is 0.243 e. The van der Waals surface area contributed by atoms with Crippen molar-refractivity contribution in [1.29, 1.82) is 0 Å². The molecule has 1 atom stereocenters. The SMILES string of the molecule is CCC1C(=O)NCC(=O)N1Cc1ccc(C)cc1. The number of benzene rings is 1. The summed E-state index contributed by atoms with van der Waals surface area (Å²) in [6.45, 7) is 4.56. The molecule has 1 unspecified atom stereocenters. The molecule has 1 heterocycles. The predicted octanol–water partition coefficient (Wildman–Crippen LogP) is 1.23. The number of nitrogens with one attached hydrogen (secondary N) is 1. The second-order valence-electron chi connectivity index (χ2n) is 4.65. The van der Waals surface area contributed by atoms with Crippen molar-refractivity contribution >= 4 is 11.8 Å². The van der Waals surface area contributed by atoms with E-state index in [1.54, 1.807) is 4.90 Å². The number of nitrogens with zero attached hydrogens (tertiary/aromatic N) is 1. The summed E-state index contributed by atoms with van der Waals surface area (Å²) in [4.78, 5) is 25.3. The highest BCUT2D eigenvalue weighted by molar-refractivity contribution is 5.94. The second-order valence-corrected chi connectivity index (χ2v) is 4.65. The van der Waals surface area contributed by atoms with Crippen molar-refractivity contribution in [3.63, 3.8) is 0 Å². The number of amides is 2. The lowest BCUT2D eigenvalue weighted by atomic mass is 10.1. The molecule has 1 N–H and O–H groups in total. The van der Waals surface area contributed by atoms with Gasteiger partial charge in [-0.3, -0.25) is 9.59 Å². The zero-order chi connectivity index (χ0) is 13.1. The van der Waals surface area contributed by atoms with Crippen LogP contribution in [-0.4, -0.2) is 29.3 Å². The minimum atomic E-state index is -0.340. The van der Waals surface area contributed by atoms with Crippen LogP contribution in [-0.2, 0) is 16.1 Å². The number of hydrogen-bond acceptors (Lipinski definition) is 2. The van der Waals surface area contributed by atoms with Gasteiger partial charge in [-0.2, -0.15) is 0 Å². The van der Waals surface area contributed by atoms with Crippen LogP contribution >= 0.6 is 0 Å². The highest BCUT2D eigenvalue weighted by Crippen LogP contribution is 2.14. The molecule has 96 valence electrons. The molecule has 2 rings (SSSR count). The summed E-state index contributed by atoms with van der Waals surface area (Å²) in [6, 6.07) is 7.70. The van der Waals surface area contributed by atoms with E-state index >= 15 is 0 Å². The molecule has 1 aromatic carbocycles. The molecule has 0 radical (unpaired) electrons. The van der Waals surface area contributed by atoms with Crippen molar-refractivity contribution in [2.45, 2.75) is 32.9 Å². The highest BCUT2D eigenvalue weighted by atomic mass is 16.2. The van der Waals surface area contributed by atoms with E-state index in [1.807, 2.05) is 38.1 Å². The molecule has 4 heteroatoms. The molecule has 0 bridgehead atoms. The van der Waals surface area contributed by atoms with Crippen LogP contribution in [0.2, 0.25) is 0 Å². The summed E-state index contributed by atoms with van der Waals surface area (Å²) >= 11 is 0. The Morgan fingerprint density at radius 2 is 1.94 bits per heavy atom. The fourth-order valence-electron chi connectivity index (χ4n) is 2.19. The molecule has 0 aromatic heterocycles. The van der Waals surface area contributed by atoms with Crippen LogP contribution in [0.25, 0.3) is 0 Å². The Labute approximate surface area is 107 Å². The van der Waals surface area contributed by atoms with Gasteiger partial charge in [0.25, 0.3) is 0 Å². The van der Waals surface area contributed by atoms with Crippen LogP contribution in [0.5, 0.6) is 0 Å². The van der Waals surface area contributed by atoms with Crippen LogP contribution < -0.4 is 5.32 Å². The first-order chi connectivity index (χ1) is 8.61. The normalized spacial score (nSPS) is 19.9. The Kier molecular flexibility index (Phi) is 3.65. The Morgan fingerprint density at radius 3 is 2.56 bits per heavy atom. The molecular formula is C14H18N2O2. The topological polar surface area (TPSA) is 49.4 Å². The van der Waals surface area contributed by atoms with E-state index in [2.05, 4.69) is 5.32 Å². The molecular weight excluding hydrogens is 228 g/mol. The Bertz CT molecular complexity index is 453. The van der Waals surface area contributed by atoms with Gasteiger partial charge in [0, 0.05) is 6.54 Å². The standard InChI is InChI=1S/C14H18N2O2/c1-3-12-14(18)15-8-13(17)16(12)9-11-6-4-10(2)5-7-11/h4-7,12H,3,8-9H2,1-2H3,(H,15,18). The van der Waals surface area contributed by atoms with Gasteiger partial charge in [-0.1, -0.05) is 36.8 Å². The predicted molar refractivity (Wildman–Crippen MR) is 68.8 cm³/mol. The van der Waals surface area contributed by atoms with Gasteiger partial charge in [0.1, 0.15) is 6.04 Å². The average Bonchev–Trinajstić information content (AvgIpc) is 2.37. The van der Waals surface area contributed by atoms with Crippen molar-refractivity contribution in [2.24, 2.45) is 0 Å². The average molecular weight is 246 g/mol. The van der Waals surface area contributed by atoms with Crippen LogP contribution in [0, 0.1) is 6.92 Å². The minimum absolute atomic E-state index is 0.0120. The fourth-order valence-corrected chi connectivity index (χ4v) is 2.19. The molecule has 4 nitrogen and oxygen atoms in total. The number of aryl methyl sites for hydroxylation is 1. The fraction of sp³-hybridized carbons (Fsp3) is 0.429. The Balaban J connectivity index is 2.16. The molecule has 0 saturated carbocycles. The van der Waals surface area contributed by atoms with Gasteiger partial charge in [-0.05, 0) is 18.9 Å². The molecule has 0 aliphatic carbocycles. The van der Waals surface area contributed by atoms with E-state index in [9.17, 15) is 9.59 Å². The largest absolute Gasteiger partial charge is 0.345 e. The van der Waals surface area contributed by atoms with Gasteiger partial charge < -0.3 is 10.2 Å². The quantitative estimate of drug-likeness (QED) is 0.872. The number of carbonyl (C=O) groups is 2. The summed E-state index contributed by atoms with van der Waals surface area (Å²) in [5.41, 5.74) is 2.25. The third kappa shape index (κ3) is 2.53. The molecule has 1 saturated heterocycles. The lowest BCUT2D eigenvalue weighted by Crippen LogP contribution is -2.57. The lowest BCUT2D eigenvalue weighted by molar-refractivity contribution is -0.146. The zero-order valence-corrected chi connectivity index (χ0v) is 10.8. The summed E-state index contributed by atoms with van der Waals surface area (Å²) in [6.07, 6.45) is 0.642. The first-order valence-corrected chi connectivity index (χ1v) is 6.24. The zero-order valence-electron chi connectivity index (χ0n) is 10.8. The lowest BCUT2D eigenvalue weighted by Gasteiger charge is -2.34. The number of carbonyl (C=O) groups excluding carboxylic acids is 2. The van der Waals surface area contributed by atoms with Crippen LogP contribution in [0.1, 0.15) is 24.5 Å². The summed E-state index contributed by atoms with van der Waals surface area (Å²) in [5, 5.41) is 2.63. The monoisotopic (exact) mass is 246 g/mol. The van der Waals surface area contributed by atoms with Crippen molar-refractivity contribution < 1.29 is 9.59 Å². The van der Waals surface area contributed by atoms with Crippen molar-refractivity contribution in [1.82, 2.24) is 10.2 Å². The van der Waals surface area contributed by atoms with E-state index in [1.165, 1.54) is 5.56 Å². The van der Waals surface area contributed by atoms with E-state index in [4.69, 9.17) is 0 Å². The van der Waals surface area contributed by atoms with Crippen LogP contribution in [0.4, 0.5) is 0 Å². The Morgan fingerprint density at radius 1 is 1.28 bits per heavy atom. The first kappa shape index (κ1) is 12.6. The van der Waals surface area contributed by atoms with Crippen molar-refractivity contribution in [2.75, 3.05) is 6.54 Å². The van der Waals surface area contributed by atoms with E-state index < -0.39 is 0 Å². The van der Waals surface area contributed by atoms with E-state index in [0.717, 1.165) is 5.56 Å². The minimum Gasteiger partial charge on any atom is -0.345 e. The van der Waals surface area contributed by atoms with Gasteiger partial charge in [0.2, 0.25) is 11.8 Å². The Hall–Kier alpha value is -1.84. The van der Waals surface area contributed by atoms with Crippen LogP contribution in [0.15, 0.2) is 24.3 Å². The van der Waals surface area contributed by atoms with Gasteiger partial charge >= 0.3 is 0 Å². The van der Waals surface area contributed by atoms with E-state index in [0.29, 0.717) is 13.0 Å². The van der Waals surface area contributed by atoms with E-state index in [-0.39, 0.29) is 24.4 Å². The molecule has 1 aliphatic rings. The second kappa shape index (κ2) is 5.21. The first-order valence-electron chi connectivity index (χ1n) is 6.24. The molecule has 18 heavy (non-hydrogen) atoms. The maximum absolute atomic E-state index is 11.9. The summed E-state index contributed by atoms with van der Waals surface area (Å²) in [5.74, 6) is -0.0637. The number of hydrogen-bond donors (Lipinski definition) is 1. The molecule has 1 aromatic rings.